The molecule has 0 aliphatic heterocycles. The lowest BCUT2D eigenvalue weighted by Crippen LogP contribution is -2.41. The molecule has 0 fully saturated rings. The highest BCUT2D eigenvalue weighted by atomic mass is 19.1. The lowest BCUT2D eigenvalue weighted by molar-refractivity contribution is -0.118. The Labute approximate surface area is 114 Å². The van der Waals surface area contributed by atoms with E-state index in [9.17, 15) is 18.8 Å². The first-order chi connectivity index (χ1) is 9.43. The molecule has 5 N–H and O–H groups in total. The van der Waals surface area contributed by atoms with Gasteiger partial charge >= 0.3 is 6.03 Å². The van der Waals surface area contributed by atoms with Gasteiger partial charge in [0.25, 0.3) is 5.91 Å². The summed E-state index contributed by atoms with van der Waals surface area (Å²) in [5, 5.41) is 7.08. The summed E-state index contributed by atoms with van der Waals surface area (Å²) >= 11 is 0. The zero-order valence-electron chi connectivity index (χ0n) is 10.8. The van der Waals surface area contributed by atoms with Crippen molar-refractivity contribution in [3.63, 3.8) is 0 Å². The van der Waals surface area contributed by atoms with Crippen LogP contribution in [0.1, 0.15) is 17.3 Å². The van der Waals surface area contributed by atoms with Crippen LogP contribution in [0.5, 0.6) is 0 Å². The van der Waals surface area contributed by atoms with Crippen molar-refractivity contribution in [2.75, 3.05) is 18.4 Å². The predicted molar refractivity (Wildman–Crippen MR) is 70.6 cm³/mol. The van der Waals surface area contributed by atoms with E-state index >= 15 is 0 Å². The van der Waals surface area contributed by atoms with E-state index in [2.05, 4.69) is 16.0 Å². The van der Waals surface area contributed by atoms with Crippen LogP contribution in [0.4, 0.5) is 14.9 Å². The Balaban J connectivity index is 2.54. The molecule has 8 heteroatoms. The van der Waals surface area contributed by atoms with Crippen LogP contribution in [0.25, 0.3) is 0 Å². The zero-order chi connectivity index (χ0) is 15.1. The Morgan fingerprint density at radius 2 is 2.00 bits per heavy atom. The molecule has 20 heavy (non-hydrogen) atoms. The molecule has 0 saturated carbocycles. The van der Waals surface area contributed by atoms with Crippen molar-refractivity contribution in [2.24, 2.45) is 5.73 Å². The fourth-order valence-electron chi connectivity index (χ4n) is 1.38. The molecule has 0 aliphatic carbocycles. The molecular weight excluding hydrogens is 267 g/mol. The van der Waals surface area contributed by atoms with Gasteiger partial charge in [-0.25, -0.2) is 9.18 Å². The lowest BCUT2D eigenvalue weighted by Gasteiger charge is -2.08. The van der Waals surface area contributed by atoms with E-state index in [4.69, 9.17) is 5.73 Å². The van der Waals surface area contributed by atoms with E-state index in [1.165, 1.54) is 12.1 Å². The number of primary amides is 1. The number of urea groups is 1. The number of halogens is 1. The normalized spacial score (nSPS) is 9.70. The van der Waals surface area contributed by atoms with Crippen molar-refractivity contribution >= 4 is 23.5 Å². The number of imide groups is 1. The fraction of sp³-hybridized carbons (Fsp3) is 0.250. The number of rotatable bonds is 5. The van der Waals surface area contributed by atoms with Gasteiger partial charge in [-0.1, -0.05) is 0 Å². The molecular formula is C12H15FN4O3. The molecule has 1 aromatic carbocycles. The van der Waals surface area contributed by atoms with Crippen LogP contribution in [0.3, 0.4) is 0 Å². The molecule has 4 amide bonds. The van der Waals surface area contributed by atoms with Gasteiger partial charge in [0, 0.05) is 12.2 Å². The molecule has 108 valence electrons. The van der Waals surface area contributed by atoms with E-state index in [0.717, 1.165) is 6.07 Å². The molecule has 0 bridgehead atoms. The average Bonchev–Trinajstić information content (AvgIpc) is 2.36. The number of carbonyl (C=O) groups excluding carboxylic acids is 3. The number of amides is 4. The van der Waals surface area contributed by atoms with Crippen LogP contribution in [0.2, 0.25) is 0 Å². The van der Waals surface area contributed by atoms with Crippen molar-refractivity contribution in [2.45, 2.75) is 6.92 Å². The van der Waals surface area contributed by atoms with Gasteiger partial charge in [0.05, 0.1) is 12.1 Å². The molecule has 0 saturated heterocycles. The van der Waals surface area contributed by atoms with Crippen molar-refractivity contribution in [3.8, 4) is 0 Å². The number of nitrogens with two attached hydrogens (primary N) is 1. The maximum Gasteiger partial charge on any atom is 0.321 e. The number of hydrogen-bond donors (Lipinski definition) is 4. The largest absolute Gasteiger partial charge is 0.376 e. The fourth-order valence-corrected chi connectivity index (χ4v) is 1.38. The van der Waals surface area contributed by atoms with Gasteiger partial charge in [0.15, 0.2) is 0 Å². The van der Waals surface area contributed by atoms with Gasteiger partial charge in [-0.15, -0.1) is 0 Å². The topological polar surface area (TPSA) is 113 Å². The second-order valence-corrected chi connectivity index (χ2v) is 3.82. The number of hydrogen-bond acceptors (Lipinski definition) is 4. The summed E-state index contributed by atoms with van der Waals surface area (Å²) in [7, 11) is 0. The lowest BCUT2D eigenvalue weighted by atomic mass is 10.2. The number of anilines is 1. The summed E-state index contributed by atoms with van der Waals surface area (Å²) in [4.78, 5) is 33.3. The van der Waals surface area contributed by atoms with Crippen LogP contribution in [0, 0.1) is 5.82 Å². The smallest absolute Gasteiger partial charge is 0.321 e. The summed E-state index contributed by atoms with van der Waals surface area (Å²) in [5.74, 6) is -2.23. The molecule has 0 atom stereocenters. The molecule has 0 radical (unpaired) electrons. The van der Waals surface area contributed by atoms with Gasteiger partial charge in [0.2, 0.25) is 5.91 Å². The van der Waals surface area contributed by atoms with Gasteiger partial charge in [-0.3, -0.25) is 14.9 Å². The minimum atomic E-state index is -0.872. The van der Waals surface area contributed by atoms with E-state index in [-0.39, 0.29) is 12.1 Å². The second kappa shape index (κ2) is 7.07. The van der Waals surface area contributed by atoms with Crippen LogP contribution < -0.4 is 21.7 Å². The van der Waals surface area contributed by atoms with Crippen LogP contribution >= 0.6 is 0 Å². The highest BCUT2D eigenvalue weighted by Gasteiger charge is 2.10. The maximum atomic E-state index is 13.4. The third-order valence-electron chi connectivity index (χ3n) is 2.28. The van der Waals surface area contributed by atoms with Crippen molar-refractivity contribution in [1.29, 1.82) is 0 Å². The Kier molecular flexibility index (Phi) is 5.45. The molecule has 0 unspecified atom stereocenters. The number of benzene rings is 1. The summed E-state index contributed by atoms with van der Waals surface area (Å²) in [6, 6.07) is 3.05. The average molecular weight is 282 g/mol. The van der Waals surface area contributed by atoms with Crippen molar-refractivity contribution in [3.05, 3.63) is 29.6 Å². The SMILES string of the molecule is CCNC(=O)NC(=O)CNc1ccc(C(N)=O)c(F)c1. The summed E-state index contributed by atoms with van der Waals surface area (Å²) in [5.41, 5.74) is 5.02. The number of nitrogens with one attached hydrogen (secondary N) is 3. The molecule has 0 spiro atoms. The molecule has 1 aromatic rings. The highest BCUT2D eigenvalue weighted by molar-refractivity contribution is 5.96. The Morgan fingerprint density at radius 3 is 2.55 bits per heavy atom. The molecule has 0 aromatic heterocycles. The van der Waals surface area contributed by atoms with Gasteiger partial charge in [0.1, 0.15) is 5.82 Å². The van der Waals surface area contributed by atoms with E-state index in [1.54, 1.807) is 6.92 Å². The van der Waals surface area contributed by atoms with Crippen molar-refractivity contribution < 1.29 is 18.8 Å². The van der Waals surface area contributed by atoms with Gasteiger partial charge < -0.3 is 16.4 Å². The van der Waals surface area contributed by atoms with E-state index < -0.39 is 23.7 Å². The van der Waals surface area contributed by atoms with Crippen LogP contribution in [0.15, 0.2) is 18.2 Å². The van der Waals surface area contributed by atoms with Gasteiger partial charge in [-0.2, -0.15) is 0 Å². The Bertz CT molecular complexity index is 533. The quantitative estimate of drug-likeness (QED) is 0.617. The number of carbonyl (C=O) groups is 3. The third kappa shape index (κ3) is 4.56. The molecule has 1 rings (SSSR count). The first-order valence-electron chi connectivity index (χ1n) is 5.85. The summed E-state index contributed by atoms with van der Waals surface area (Å²) in [6.45, 7) is 1.89. The van der Waals surface area contributed by atoms with E-state index in [0.29, 0.717) is 12.2 Å². The predicted octanol–water partition coefficient (Wildman–Crippen LogP) is 0.182. The Morgan fingerprint density at radius 1 is 1.30 bits per heavy atom. The van der Waals surface area contributed by atoms with Crippen LogP contribution in [-0.4, -0.2) is 30.9 Å². The standard InChI is InChI=1S/C12H15FN4O3/c1-2-15-12(20)17-10(18)6-16-7-3-4-8(11(14)19)9(13)5-7/h3-5,16H,2,6H2,1H3,(H2,14,19)(H2,15,17,18,20). The maximum absolute atomic E-state index is 13.4. The Hall–Kier alpha value is -2.64. The first-order valence-corrected chi connectivity index (χ1v) is 5.85. The van der Waals surface area contributed by atoms with Gasteiger partial charge in [-0.05, 0) is 25.1 Å². The summed E-state index contributed by atoms with van der Waals surface area (Å²) in [6.07, 6.45) is 0. The molecule has 0 aliphatic rings. The van der Waals surface area contributed by atoms with Crippen molar-refractivity contribution in [1.82, 2.24) is 10.6 Å². The first kappa shape index (κ1) is 15.4. The zero-order valence-corrected chi connectivity index (χ0v) is 10.8. The van der Waals surface area contributed by atoms with E-state index in [1.807, 2.05) is 0 Å². The van der Waals surface area contributed by atoms with Crippen LogP contribution in [-0.2, 0) is 4.79 Å². The molecule has 7 nitrogen and oxygen atoms in total. The minimum Gasteiger partial charge on any atom is -0.376 e. The molecule has 0 heterocycles. The summed E-state index contributed by atoms with van der Waals surface area (Å²) < 4.78 is 13.4. The minimum absolute atomic E-state index is 0.216. The monoisotopic (exact) mass is 282 g/mol. The highest BCUT2D eigenvalue weighted by Crippen LogP contribution is 2.13. The second-order valence-electron chi connectivity index (χ2n) is 3.82. The third-order valence-corrected chi connectivity index (χ3v) is 2.28.